The number of aryl methyl sites for hydroxylation is 1. The van der Waals surface area contributed by atoms with Gasteiger partial charge in [0.1, 0.15) is 5.82 Å². The zero-order chi connectivity index (χ0) is 11.4. The molecule has 2 heterocycles. The predicted octanol–water partition coefficient (Wildman–Crippen LogP) is 0.108. The van der Waals surface area contributed by atoms with Crippen molar-refractivity contribution >= 4 is 11.8 Å². The standard InChI is InChI=1S/C9H13N7/c1-16-7(2-5-13-16)6-12-8-3-4-11-9(14-8)15-10/h2-5H,6,10H2,1H3,(H2,11,12,14,15). The molecule has 0 aliphatic carbocycles. The minimum Gasteiger partial charge on any atom is -0.364 e. The van der Waals surface area contributed by atoms with Gasteiger partial charge in [-0.1, -0.05) is 0 Å². The van der Waals surface area contributed by atoms with Crippen LogP contribution >= 0.6 is 0 Å². The van der Waals surface area contributed by atoms with Gasteiger partial charge in [-0.05, 0) is 12.1 Å². The van der Waals surface area contributed by atoms with Crippen LogP contribution in [0.1, 0.15) is 5.69 Å². The summed E-state index contributed by atoms with van der Waals surface area (Å²) in [7, 11) is 1.89. The maximum Gasteiger partial charge on any atom is 0.239 e. The van der Waals surface area contributed by atoms with E-state index in [1.165, 1.54) is 0 Å². The highest BCUT2D eigenvalue weighted by Crippen LogP contribution is 2.06. The van der Waals surface area contributed by atoms with Crippen LogP contribution < -0.4 is 16.6 Å². The Bertz CT molecular complexity index is 464. The molecule has 0 aliphatic rings. The van der Waals surface area contributed by atoms with Crippen LogP contribution in [0.25, 0.3) is 0 Å². The summed E-state index contributed by atoms with van der Waals surface area (Å²) in [5.41, 5.74) is 3.46. The second-order valence-corrected chi connectivity index (χ2v) is 3.21. The highest BCUT2D eigenvalue weighted by atomic mass is 15.3. The van der Waals surface area contributed by atoms with Crippen LogP contribution in [0.2, 0.25) is 0 Å². The Labute approximate surface area is 92.7 Å². The average Bonchev–Trinajstić information content (AvgIpc) is 2.72. The highest BCUT2D eigenvalue weighted by molar-refractivity contribution is 5.39. The van der Waals surface area contributed by atoms with Crippen molar-refractivity contribution in [3.63, 3.8) is 0 Å². The molecule has 2 rings (SSSR count). The van der Waals surface area contributed by atoms with E-state index in [0.717, 1.165) is 5.69 Å². The Kier molecular flexibility index (Phi) is 2.97. The van der Waals surface area contributed by atoms with Gasteiger partial charge in [-0.15, -0.1) is 0 Å². The highest BCUT2D eigenvalue weighted by Gasteiger charge is 2.00. The number of aromatic nitrogens is 4. The van der Waals surface area contributed by atoms with E-state index >= 15 is 0 Å². The van der Waals surface area contributed by atoms with E-state index in [-0.39, 0.29) is 0 Å². The lowest BCUT2D eigenvalue weighted by Gasteiger charge is -2.06. The summed E-state index contributed by atoms with van der Waals surface area (Å²) in [4.78, 5) is 8.05. The molecule has 0 radical (unpaired) electrons. The van der Waals surface area contributed by atoms with Crippen molar-refractivity contribution in [1.29, 1.82) is 0 Å². The van der Waals surface area contributed by atoms with Gasteiger partial charge in [-0.2, -0.15) is 10.1 Å². The molecule has 0 fully saturated rings. The van der Waals surface area contributed by atoms with E-state index in [1.807, 2.05) is 13.1 Å². The van der Waals surface area contributed by atoms with Crippen LogP contribution in [0.4, 0.5) is 11.8 Å². The summed E-state index contributed by atoms with van der Waals surface area (Å²) < 4.78 is 1.80. The molecule has 0 amide bonds. The summed E-state index contributed by atoms with van der Waals surface area (Å²) in [5, 5.41) is 7.23. The summed E-state index contributed by atoms with van der Waals surface area (Å²) in [6, 6.07) is 3.72. The van der Waals surface area contributed by atoms with Crippen molar-refractivity contribution < 1.29 is 0 Å². The molecule has 0 saturated heterocycles. The SMILES string of the molecule is Cn1nccc1CNc1ccnc(NN)n1. The molecule has 16 heavy (non-hydrogen) atoms. The smallest absolute Gasteiger partial charge is 0.239 e. The first kappa shape index (κ1) is 10.4. The average molecular weight is 219 g/mol. The maximum absolute atomic E-state index is 5.22. The molecule has 84 valence electrons. The molecular weight excluding hydrogens is 206 g/mol. The molecule has 2 aromatic heterocycles. The molecule has 0 unspecified atom stereocenters. The summed E-state index contributed by atoms with van der Waals surface area (Å²) in [5.74, 6) is 6.31. The van der Waals surface area contributed by atoms with Gasteiger partial charge in [-0.3, -0.25) is 10.1 Å². The van der Waals surface area contributed by atoms with E-state index in [0.29, 0.717) is 18.3 Å². The van der Waals surface area contributed by atoms with Gasteiger partial charge in [0.05, 0.1) is 12.2 Å². The van der Waals surface area contributed by atoms with Crippen LogP contribution in [-0.4, -0.2) is 19.7 Å². The van der Waals surface area contributed by atoms with Crippen molar-refractivity contribution in [2.75, 3.05) is 10.7 Å². The van der Waals surface area contributed by atoms with Crippen molar-refractivity contribution in [3.05, 3.63) is 30.2 Å². The summed E-state index contributed by atoms with van der Waals surface area (Å²) in [6.07, 6.45) is 3.39. The fourth-order valence-electron chi connectivity index (χ4n) is 1.28. The van der Waals surface area contributed by atoms with Gasteiger partial charge < -0.3 is 5.32 Å². The first-order chi connectivity index (χ1) is 7.79. The first-order valence-electron chi connectivity index (χ1n) is 4.80. The van der Waals surface area contributed by atoms with Crippen LogP contribution in [0.3, 0.4) is 0 Å². The second kappa shape index (κ2) is 4.58. The Morgan fingerprint density at radius 1 is 1.38 bits per heavy atom. The lowest BCUT2D eigenvalue weighted by atomic mass is 10.4. The van der Waals surface area contributed by atoms with Gasteiger partial charge in [0.2, 0.25) is 5.95 Å². The summed E-state index contributed by atoms with van der Waals surface area (Å²) in [6.45, 7) is 0.650. The number of hydrazine groups is 1. The largest absolute Gasteiger partial charge is 0.364 e. The zero-order valence-electron chi connectivity index (χ0n) is 8.88. The fourth-order valence-corrected chi connectivity index (χ4v) is 1.28. The number of hydrogen-bond donors (Lipinski definition) is 3. The third-order valence-corrected chi connectivity index (χ3v) is 2.16. The number of nitrogen functional groups attached to an aromatic ring is 1. The maximum atomic E-state index is 5.22. The Balaban J connectivity index is 2.02. The number of nitrogens with two attached hydrogens (primary N) is 1. The van der Waals surface area contributed by atoms with Crippen molar-refractivity contribution in [3.8, 4) is 0 Å². The number of nitrogens with one attached hydrogen (secondary N) is 2. The molecule has 0 atom stereocenters. The zero-order valence-corrected chi connectivity index (χ0v) is 8.88. The van der Waals surface area contributed by atoms with Crippen LogP contribution in [0, 0.1) is 0 Å². The Hall–Kier alpha value is -2.15. The molecular formula is C9H13N7. The summed E-state index contributed by atoms with van der Waals surface area (Å²) >= 11 is 0. The number of anilines is 2. The van der Waals surface area contributed by atoms with Crippen molar-refractivity contribution in [2.45, 2.75) is 6.54 Å². The quantitative estimate of drug-likeness (QED) is 0.499. The topological polar surface area (TPSA) is 93.7 Å². The molecule has 7 nitrogen and oxygen atoms in total. The van der Waals surface area contributed by atoms with Crippen molar-refractivity contribution in [2.24, 2.45) is 12.9 Å². The molecule has 7 heteroatoms. The van der Waals surface area contributed by atoms with E-state index in [2.05, 4.69) is 25.8 Å². The number of hydrogen-bond acceptors (Lipinski definition) is 6. The van der Waals surface area contributed by atoms with E-state index in [1.54, 1.807) is 23.1 Å². The monoisotopic (exact) mass is 219 g/mol. The van der Waals surface area contributed by atoms with Gasteiger partial charge in [0.15, 0.2) is 0 Å². The van der Waals surface area contributed by atoms with Gasteiger partial charge in [0, 0.05) is 19.4 Å². The normalized spacial score (nSPS) is 10.1. The predicted molar refractivity (Wildman–Crippen MR) is 60.4 cm³/mol. The fraction of sp³-hybridized carbons (Fsp3) is 0.222. The molecule has 2 aromatic rings. The molecule has 0 saturated carbocycles. The molecule has 0 bridgehead atoms. The van der Waals surface area contributed by atoms with Crippen LogP contribution in [0.15, 0.2) is 24.5 Å². The number of rotatable bonds is 4. The van der Waals surface area contributed by atoms with E-state index < -0.39 is 0 Å². The van der Waals surface area contributed by atoms with Crippen LogP contribution in [-0.2, 0) is 13.6 Å². The van der Waals surface area contributed by atoms with Crippen LogP contribution in [0.5, 0.6) is 0 Å². The third kappa shape index (κ3) is 2.26. The van der Waals surface area contributed by atoms with E-state index in [9.17, 15) is 0 Å². The Morgan fingerprint density at radius 2 is 2.25 bits per heavy atom. The third-order valence-electron chi connectivity index (χ3n) is 2.16. The van der Waals surface area contributed by atoms with E-state index in [4.69, 9.17) is 5.84 Å². The number of nitrogens with zero attached hydrogens (tertiary/aromatic N) is 4. The molecule has 0 aromatic carbocycles. The molecule has 0 spiro atoms. The van der Waals surface area contributed by atoms with Gasteiger partial charge >= 0.3 is 0 Å². The molecule has 0 aliphatic heterocycles. The lowest BCUT2D eigenvalue weighted by molar-refractivity contribution is 0.720. The minimum absolute atomic E-state index is 0.384. The Morgan fingerprint density at radius 3 is 2.94 bits per heavy atom. The van der Waals surface area contributed by atoms with Crippen molar-refractivity contribution in [1.82, 2.24) is 19.7 Å². The van der Waals surface area contributed by atoms with Gasteiger partial charge in [0.25, 0.3) is 0 Å². The second-order valence-electron chi connectivity index (χ2n) is 3.21. The van der Waals surface area contributed by atoms with Gasteiger partial charge in [-0.25, -0.2) is 10.8 Å². The lowest BCUT2D eigenvalue weighted by Crippen LogP contribution is -2.12. The minimum atomic E-state index is 0.384. The molecule has 4 N–H and O–H groups in total. The first-order valence-corrected chi connectivity index (χ1v) is 4.80.